The van der Waals surface area contributed by atoms with Gasteiger partial charge in [-0.05, 0) is 51.0 Å². The Kier molecular flexibility index (Phi) is 5.66. The van der Waals surface area contributed by atoms with Crippen molar-refractivity contribution in [2.45, 2.75) is 40.7 Å². The zero-order valence-electron chi connectivity index (χ0n) is 13.9. The molecule has 0 atom stereocenters. The molecule has 0 radical (unpaired) electrons. The maximum Gasteiger partial charge on any atom is 0.262 e. The Morgan fingerprint density at radius 3 is 2.74 bits per heavy atom. The zero-order valence-corrected chi connectivity index (χ0v) is 14.7. The van der Waals surface area contributed by atoms with Crippen LogP contribution in [0, 0.1) is 20.8 Å². The highest BCUT2D eigenvalue weighted by Crippen LogP contribution is 2.22. The first-order valence-corrected chi connectivity index (χ1v) is 8.03. The van der Waals surface area contributed by atoms with E-state index in [4.69, 9.17) is 16.3 Å². The number of hydrogen-bond acceptors (Lipinski definition) is 3. The molecule has 23 heavy (non-hydrogen) atoms. The third-order valence-electron chi connectivity index (χ3n) is 3.58. The Morgan fingerprint density at radius 1 is 1.35 bits per heavy atom. The van der Waals surface area contributed by atoms with E-state index in [1.54, 1.807) is 18.2 Å². The average molecular weight is 336 g/mol. The molecule has 124 valence electrons. The molecule has 6 heteroatoms. The molecule has 5 nitrogen and oxygen atoms in total. The van der Waals surface area contributed by atoms with Crippen LogP contribution in [0.3, 0.4) is 0 Å². The number of nitrogens with zero attached hydrogens (tertiary/aromatic N) is 2. The molecule has 0 saturated heterocycles. The van der Waals surface area contributed by atoms with Gasteiger partial charge in [0.05, 0.1) is 17.1 Å². The molecule has 1 heterocycles. The summed E-state index contributed by atoms with van der Waals surface area (Å²) in [6.07, 6.45) is 0.994. The van der Waals surface area contributed by atoms with Gasteiger partial charge in [0, 0.05) is 11.6 Å². The van der Waals surface area contributed by atoms with E-state index in [0.717, 1.165) is 35.6 Å². The minimum atomic E-state index is -0.207. The van der Waals surface area contributed by atoms with Crippen LogP contribution in [0.15, 0.2) is 18.2 Å². The van der Waals surface area contributed by atoms with Crippen LogP contribution in [-0.4, -0.2) is 22.3 Å². The third-order valence-corrected chi connectivity index (χ3v) is 3.81. The molecule has 0 bridgehead atoms. The highest BCUT2D eigenvalue weighted by molar-refractivity contribution is 6.30. The van der Waals surface area contributed by atoms with E-state index in [1.165, 1.54) is 0 Å². The number of amides is 1. The molecule has 0 saturated carbocycles. The number of ether oxygens (including phenoxy) is 1. The Morgan fingerprint density at radius 2 is 2.09 bits per heavy atom. The highest BCUT2D eigenvalue weighted by atomic mass is 35.5. The van der Waals surface area contributed by atoms with Gasteiger partial charge >= 0.3 is 0 Å². The molecule has 0 spiro atoms. The summed E-state index contributed by atoms with van der Waals surface area (Å²) in [5, 5.41) is 7.97. The Hall–Kier alpha value is -2.01. The second-order valence-corrected chi connectivity index (χ2v) is 5.95. The zero-order chi connectivity index (χ0) is 17.0. The number of carbonyl (C=O) groups is 1. The first kappa shape index (κ1) is 17.3. The van der Waals surface area contributed by atoms with Gasteiger partial charge in [-0.1, -0.05) is 18.5 Å². The molecule has 1 amide bonds. The lowest BCUT2D eigenvalue weighted by molar-refractivity contribution is -0.118. The largest absolute Gasteiger partial charge is 0.483 e. The van der Waals surface area contributed by atoms with Gasteiger partial charge < -0.3 is 10.1 Å². The summed E-state index contributed by atoms with van der Waals surface area (Å²) in [7, 11) is 0. The molecule has 0 aliphatic carbocycles. The fraction of sp³-hybridized carbons (Fsp3) is 0.412. The number of aromatic nitrogens is 2. The monoisotopic (exact) mass is 335 g/mol. The van der Waals surface area contributed by atoms with Gasteiger partial charge in [-0.15, -0.1) is 0 Å². The normalized spacial score (nSPS) is 10.7. The summed E-state index contributed by atoms with van der Waals surface area (Å²) >= 11 is 5.91. The number of anilines is 1. The van der Waals surface area contributed by atoms with Gasteiger partial charge in [-0.3, -0.25) is 9.48 Å². The van der Waals surface area contributed by atoms with Gasteiger partial charge in [-0.2, -0.15) is 5.10 Å². The minimum absolute atomic E-state index is 0.0552. The Labute approximate surface area is 141 Å². The summed E-state index contributed by atoms with van der Waals surface area (Å²) < 4.78 is 7.47. The maximum absolute atomic E-state index is 12.1. The summed E-state index contributed by atoms with van der Waals surface area (Å²) in [6.45, 7) is 8.61. The Balaban J connectivity index is 2.00. The number of benzene rings is 1. The van der Waals surface area contributed by atoms with Crippen LogP contribution in [0.25, 0.3) is 0 Å². The minimum Gasteiger partial charge on any atom is -0.483 e. The summed E-state index contributed by atoms with van der Waals surface area (Å²) in [4.78, 5) is 12.1. The topological polar surface area (TPSA) is 56.2 Å². The summed E-state index contributed by atoms with van der Waals surface area (Å²) in [5.74, 6) is 0.446. The first-order valence-electron chi connectivity index (χ1n) is 7.65. The molecule has 0 aliphatic heterocycles. The maximum atomic E-state index is 12.1. The highest BCUT2D eigenvalue weighted by Gasteiger charge is 2.14. The molecule has 1 aromatic heterocycles. The quantitative estimate of drug-likeness (QED) is 0.871. The SMILES string of the molecule is CCCn1nc(C)c(NC(=O)COc2ccc(Cl)cc2C)c1C. The van der Waals surface area contributed by atoms with E-state index in [9.17, 15) is 4.79 Å². The van der Waals surface area contributed by atoms with Crippen LogP contribution < -0.4 is 10.1 Å². The molecule has 0 fully saturated rings. The average Bonchev–Trinajstić information content (AvgIpc) is 2.74. The van der Waals surface area contributed by atoms with Crippen LogP contribution in [0.5, 0.6) is 5.75 Å². The summed E-state index contributed by atoms with van der Waals surface area (Å²) in [5.41, 5.74) is 3.43. The van der Waals surface area contributed by atoms with E-state index >= 15 is 0 Å². The van der Waals surface area contributed by atoms with Crippen LogP contribution in [-0.2, 0) is 11.3 Å². The standard InChI is InChI=1S/C17H22ClN3O2/c1-5-8-21-13(4)17(12(3)20-21)19-16(22)10-23-15-7-6-14(18)9-11(15)2/h6-7,9H,5,8,10H2,1-4H3,(H,19,22). The van der Waals surface area contributed by atoms with Crippen LogP contribution in [0.4, 0.5) is 5.69 Å². The number of aryl methyl sites for hydroxylation is 3. The smallest absolute Gasteiger partial charge is 0.262 e. The van der Waals surface area contributed by atoms with Crippen molar-refractivity contribution in [2.24, 2.45) is 0 Å². The Bertz CT molecular complexity index is 710. The van der Waals surface area contributed by atoms with E-state index in [-0.39, 0.29) is 12.5 Å². The van der Waals surface area contributed by atoms with Crippen molar-refractivity contribution in [3.05, 3.63) is 40.2 Å². The molecular weight excluding hydrogens is 314 g/mol. The molecular formula is C17H22ClN3O2. The predicted octanol–water partition coefficient (Wildman–Crippen LogP) is 3.89. The van der Waals surface area contributed by atoms with Gasteiger partial charge in [0.25, 0.3) is 5.91 Å². The van der Waals surface area contributed by atoms with E-state index < -0.39 is 0 Å². The first-order chi connectivity index (χ1) is 10.9. The molecule has 1 aromatic carbocycles. The molecule has 0 aliphatic rings. The number of halogens is 1. The van der Waals surface area contributed by atoms with E-state index in [1.807, 2.05) is 25.5 Å². The molecule has 2 aromatic rings. The van der Waals surface area contributed by atoms with Gasteiger partial charge in [0.15, 0.2) is 6.61 Å². The second kappa shape index (κ2) is 7.51. The number of hydrogen-bond donors (Lipinski definition) is 1. The lowest BCUT2D eigenvalue weighted by Crippen LogP contribution is -2.21. The van der Waals surface area contributed by atoms with Crippen molar-refractivity contribution < 1.29 is 9.53 Å². The van der Waals surface area contributed by atoms with E-state index in [0.29, 0.717) is 10.8 Å². The number of carbonyl (C=O) groups excluding carboxylic acids is 1. The molecule has 2 rings (SSSR count). The summed E-state index contributed by atoms with van der Waals surface area (Å²) in [6, 6.07) is 5.31. The predicted molar refractivity (Wildman–Crippen MR) is 92.3 cm³/mol. The third kappa shape index (κ3) is 4.26. The van der Waals surface area contributed by atoms with Crippen molar-refractivity contribution in [1.29, 1.82) is 0 Å². The van der Waals surface area contributed by atoms with Crippen molar-refractivity contribution in [1.82, 2.24) is 9.78 Å². The van der Waals surface area contributed by atoms with Crippen LogP contribution in [0.1, 0.15) is 30.3 Å². The van der Waals surface area contributed by atoms with Crippen molar-refractivity contribution in [3.63, 3.8) is 0 Å². The van der Waals surface area contributed by atoms with E-state index in [2.05, 4.69) is 17.3 Å². The van der Waals surface area contributed by atoms with Gasteiger partial charge in [-0.25, -0.2) is 0 Å². The van der Waals surface area contributed by atoms with Gasteiger partial charge in [0.2, 0.25) is 0 Å². The van der Waals surface area contributed by atoms with Crippen LogP contribution in [0.2, 0.25) is 5.02 Å². The van der Waals surface area contributed by atoms with Gasteiger partial charge in [0.1, 0.15) is 5.75 Å². The second-order valence-electron chi connectivity index (χ2n) is 5.52. The number of nitrogens with one attached hydrogen (secondary N) is 1. The fourth-order valence-electron chi connectivity index (χ4n) is 2.40. The van der Waals surface area contributed by atoms with Crippen LogP contribution >= 0.6 is 11.6 Å². The molecule has 1 N–H and O–H groups in total. The molecule has 0 unspecified atom stereocenters. The van der Waals surface area contributed by atoms with Crippen molar-refractivity contribution >= 4 is 23.2 Å². The van der Waals surface area contributed by atoms with Crippen molar-refractivity contribution in [2.75, 3.05) is 11.9 Å². The fourth-order valence-corrected chi connectivity index (χ4v) is 2.63. The lowest BCUT2D eigenvalue weighted by atomic mass is 10.2. The van der Waals surface area contributed by atoms with Crippen molar-refractivity contribution in [3.8, 4) is 5.75 Å². The number of rotatable bonds is 6. The lowest BCUT2D eigenvalue weighted by Gasteiger charge is -2.10.